The first-order valence-electron chi connectivity index (χ1n) is 13.4. The minimum atomic E-state index is -0.224. The second-order valence-electron chi connectivity index (χ2n) is 11.6. The Morgan fingerprint density at radius 3 is 2.13 bits per heavy atom. The minimum Gasteiger partial charge on any atom is -0.507 e. The number of ether oxygens (including phenoxy) is 1. The number of nitrogens with zero attached hydrogens (tertiary/aromatic N) is 1. The van der Waals surface area contributed by atoms with Gasteiger partial charge in [0.1, 0.15) is 17.8 Å². The van der Waals surface area contributed by atoms with Gasteiger partial charge in [0, 0.05) is 47.5 Å². The fraction of sp³-hybridized carbons (Fsp3) is 0.516. The van der Waals surface area contributed by atoms with Gasteiger partial charge in [0.2, 0.25) is 5.89 Å². The molecule has 3 N–H and O–H groups in total. The van der Waals surface area contributed by atoms with Crippen molar-refractivity contribution < 1.29 is 19.4 Å². The lowest BCUT2D eigenvalue weighted by molar-refractivity contribution is 0.299. The van der Waals surface area contributed by atoms with Gasteiger partial charge in [0.25, 0.3) is 0 Å². The summed E-state index contributed by atoms with van der Waals surface area (Å²) >= 11 is 0. The Hall–Kier alpha value is -2.70. The van der Waals surface area contributed by atoms with E-state index < -0.39 is 0 Å². The molecule has 0 saturated heterocycles. The number of benzene rings is 2. The molecule has 0 fully saturated rings. The van der Waals surface area contributed by atoms with Crippen LogP contribution in [0.3, 0.4) is 0 Å². The number of aliphatic hydroxyl groups is 1. The molecule has 0 bridgehead atoms. The molecule has 7 heteroatoms. The zero-order chi connectivity index (χ0) is 27.4. The van der Waals surface area contributed by atoms with E-state index in [1.54, 1.807) is 6.26 Å². The standard InChI is InChI=1S/C31H44N2O4.ClH/c1-9-23-26(12-11-20(13-15-34)27(23)32-10-2)36-16-14-22-19-37-29(33-22)21-17-24(30(3,4)5)28(35)25(18-21)31(6,7)8;/h11-12,17-19,32,34-35H,9-10,13-16H2,1-8H3;1H. The number of aromatic hydroxyl groups is 1. The van der Waals surface area contributed by atoms with Gasteiger partial charge in [-0.1, -0.05) is 54.5 Å². The van der Waals surface area contributed by atoms with Crippen LogP contribution in [0.4, 0.5) is 5.69 Å². The number of phenolic OH excluding ortho intramolecular Hbond substituents is 1. The first kappa shape index (κ1) is 31.5. The summed E-state index contributed by atoms with van der Waals surface area (Å²) in [6, 6.07) is 8.00. The van der Waals surface area contributed by atoms with Gasteiger partial charge in [0.15, 0.2) is 0 Å². The van der Waals surface area contributed by atoms with E-state index in [-0.39, 0.29) is 29.8 Å². The largest absolute Gasteiger partial charge is 0.507 e. The van der Waals surface area contributed by atoms with E-state index in [1.807, 2.05) is 24.3 Å². The predicted molar refractivity (Wildman–Crippen MR) is 158 cm³/mol. The molecule has 0 spiro atoms. The highest BCUT2D eigenvalue weighted by Crippen LogP contribution is 2.42. The second kappa shape index (κ2) is 12.9. The second-order valence-corrected chi connectivity index (χ2v) is 11.6. The van der Waals surface area contributed by atoms with Crippen molar-refractivity contribution in [2.75, 3.05) is 25.1 Å². The summed E-state index contributed by atoms with van der Waals surface area (Å²) in [5.74, 6) is 1.74. The van der Waals surface area contributed by atoms with E-state index in [0.29, 0.717) is 31.1 Å². The molecule has 0 radical (unpaired) electrons. The van der Waals surface area contributed by atoms with Gasteiger partial charge >= 0.3 is 0 Å². The van der Waals surface area contributed by atoms with Crippen molar-refractivity contribution in [1.29, 1.82) is 0 Å². The van der Waals surface area contributed by atoms with E-state index in [1.165, 1.54) is 0 Å². The van der Waals surface area contributed by atoms with Crippen molar-refractivity contribution >= 4 is 18.1 Å². The van der Waals surface area contributed by atoms with E-state index in [4.69, 9.17) is 14.1 Å². The summed E-state index contributed by atoms with van der Waals surface area (Å²) in [6.45, 7) is 18.2. The fourth-order valence-corrected chi connectivity index (χ4v) is 4.61. The SMILES string of the molecule is CCNc1c(CCO)ccc(OCCc2coc(-c3cc(C(C)(C)C)c(O)c(C(C)(C)C)c3)n2)c1CC.Cl. The summed E-state index contributed by atoms with van der Waals surface area (Å²) in [5.41, 5.74) is 6.30. The molecule has 1 aromatic heterocycles. The summed E-state index contributed by atoms with van der Waals surface area (Å²) in [4.78, 5) is 4.75. The van der Waals surface area contributed by atoms with Crippen LogP contribution >= 0.6 is 12.4 Å². The number of aromatic nitrogens is 1. The third-order valence-corrected chi connectivity index (χ3v) is 6.58. The molecule has 210 valence electrons. The van der Waals surface area contributed by atoms with Crippen LogP contribution in [0, 0.1) is 0 Å². The number of anilines is 1. The Morgan fingerprint density at radius 2 is 1.61 bits per heavy atom. The van der Waals surface area contributed by atoms with Crippen molar-refractivity contribution in [2.24, 2.45) is 0 Å². The zero-order valence-corrected chi connectivity index (χ0v) is 25.0. The molecule has 3 aromatic rings. The van der Waals surface area contributed by atoms with E-state index >= 15 is 0 Å². The molecule has 0 amide bonds. The van der Waals surface area contributed by atoms with Crippen LogP contribution in [-0.2, 0) is 30.1 Å². The Kier molecular flexibility index (Phi) is 10.7. The normalized spacial score (nSPS) is 11.8. The number of oxazole rings is 1. The van der Waals surface area contributed by atoms with Crippen molar-refractivity contribution in [3.63, 3.8) is 0 Å². The lowest BCUT2D eigenvalue weighted by Crippen LogP contribution is -2.17. The highest BCUT2D eigenvalue weighted by molar-refractivity contribution is 5.85. The van der Waals surface area contributed by atoms with Crippen LogP contribution in [0.1, 0.15) is 83.3 Å². The topological polar surface area (TPSA) is 87.8 Å². The van der Waals surface area contributed by atoms with Crippen LogP contribution in [-0.4, -0.2) is 35.0 Å². The van der Waals surface area contributed by atoms with Gasteiger partial charge in [-0.3, -0.25) is 0 Å². The molecule has 0 aliphatic rings. The molecule has 0 aliphatic carbocycles. The summed E-state index contributed by atoms with van der Waals surface area (Å²) in [6.07, 6.45) is 3.74. The maximum absolute atomic E-state index is 11.0. The maximum Gasteiger partial charge on any atom is 0.226 e. The molecule has 6 nitrogen and oxygen atoms in total. The quantitative estimate of drug-likeness (QED) is 0.250. The molecule has 0 saturated carbocycles. The molecule has 0 aliphatic heterocycles. The Morgan fingerprint density at radius 1 is 0.974 bits per heavy atom. The van der Waals surface area contributed by atoms with Gasteiger partial charge in [-0.15, -0.1) is 12.4 Å². The summed E-state index contributed by atoms with van der Waals surface area (Å²) in [7, 11) is 0. The molecule has 0 unspecified atom stereocenters. The number of nitrogens with one attached hydrogen (secondary N) is 1. The van der Waals surface area contributed by atoms with Crippen LogP contribution in [0.2, 0.25) is 0 Å². The Balaban J connectivity index is 0.00000507. The maximum atomic E-state index is 11.0. The average Bonchev–Trinajstić information content (AvgIpc) is 3.28. The van der Waals surface area contributed by atoms with E-state index in [0.717, 1.165) is 57.9 Å². The van der Waals surface area contributed by atoms with Gasteiger partial charge in [-0.25, -0.2) is 4.98 Å². The van der Waals surface area contributed by atoms with Crippen LogP contribution in [0.5, 0.6) is 11.5 Å². The first-order valence-corrected chi connectivity index (χ1v) is 13.4. The third-order valence-electron chi connectivity index (χ3n) is 6.58. The number of hydrogen-bond acceptors (Lipinski definition) is 6. The van der Waals surface area contributed by atoms with Crippen LogP contribution < -0.4 is 10.1 Å². The monoisotopic (exact) mass is 544 g/mol. The van der Waals surface area contributed by atoms with Crippen LogP contribution in [0.15, 0.2) is 34.9 Å². The predicted octanol–water partition coefficient (Wildman–Crippen LogP) is 7.21. The van der Waals surface area contributed by atoms with E-state index in [2.05, 4.69) is 60.7 Å². The Bertz CT molecular complexity index is 1170. The highest BCUT2D eigenvalue weighted by atomic mass is 35.5. The van der Waals surface area contributed by atoms with Crippen molar-refractivity contribution in [2.45, 2.75) is 85.5 Å². The molecule has 1 heterocycles. The summed E-state index contributed by atoms with van der Waals surface area (Å²) in [5, 5.41) is 23.9. The minimum absolute atomic E-state index is 0. The zero-order valence-electron chi connectivity index (χ0n) is 24.2. The average molecular weight is 545 g/mol. The van der Waals surface area contributed by atoms with Crippen molar-refractivity contribution in [3.8, 4) is 23.0 Å². The molecule has 0 atom stereocenters. The van der Waals surface area contributed by atoms with Gasteiger partial charge < -0.3 is 24.7 Å². The van der Waals surface area contributed by atoms with Gasteiger partial charge in [-0.2, -0.15) is 0 Å². The lowest BCUT2D eigenvalue weighted by Gasteiger charge is -2.27. The highest BCUT2D eigenvalue weighted by Gasteiger charge is 2.27. The fourth-order valence-electron chi connectivity index (χ4n) is 4.61. The molecule has 2 aromatic carbocycles. The molecular weight excluding hydrogens is 500 g/mol. The van der Waals surface area contributed by atoms with Crippen molar-refractivity contribution in [3.05, 3.63) is 58.5 Å². The first-order chi connectivity index (χ1) is 17.4. The van der Waals surface area contributed by atoms with Crippen LogP contribution in [0.25, 0.3) is 11.5 Å². The molecule has 38 heavy (non-hydrogen) atoms. The summed E-state index contributed by atoms with van der Waals surface area (Å²) < 4.78 is 12.1. The van der Waals surface area contributed by atoms with Crippen molar-refractivity contribution in [1.82, 2.24) is 4.98 Å². The van der Waals surface area contributed by atoms with E-state index in [9.17, 15) is 10.2 Å². The number of phenols is 1. The molecular formula is C31H45ClN2O4. The smallest absolute Gasteiger partial charge is 0.226 e. The number of hydrogen-bond donors (Lipinski definition) is 3. The Labute approximate surface area is 234 Å². The molecule has 3 rings (SSSR count). The van der Waals surface area contributed by atoms with Gasteiger partial charge in [0.05, 0.1) is 12.3 Å². The van der Waals surface area contributed by atoms with Gasteiger partial charge in [-0.05, 0) is 54.4 Å². The number of rotatable bonds is 10. The lowest BCUT2D eigenvalue weighted by atomic mass is 9.78. The number of aliphatic hydroxyl groups excluding tert-OH is 1. The third kappa shape index (κ3) is 7.23. The number of halogens is 1.